The lowest BCUT2D eigenvalue weighted by atomic mass is 10.0. The molecule has 0 saturated carbocycles. The maximum Gasteiger partial charge on any atom is 0.214 e. The molecule has 3 heterocycles. The molecule has 0 radical (unpaired) electrons. The fourth-order valence-electron chi connectivity index (χ4n) is 5.22. The second kappa shape index (κ2) is 10.8. The van der Waals surface area contributed by atoms with Crippen LogP contribution in [-0.2, 0) is 0 Å². The smallest absolute Gasteiger partial charge is 0.214 e. The molecule has 2 aliphatic heterocycles. The Morgan fingerprint density at radius 3 is 2.67 bits per heavy atom. The van der Waals surface area contributed by atoms with Gasteiger partial charge in [0.15, 0.2) is 5.69 Å². The molecule has 2 aromatic carbocycles. The standard InChI is InChI=1S/C28H31ClN6O/c1-20-5-7-21(8-6-20)27(36)26-25(18-30)28(35(32-26)23-11-9-22(29)10-12-23)31-13-3-14-33-16-17-34-15-2-4-24(34)19-33/h5-12,24,31H,2-4,13-17,19H2,1H3. The van der Waals surface area contributed by atoms with Gasteiger partial charge in [-0.1, -0.05) is 41.4 Å². The minimum atomic E-state index is -0.267. The number of rotatable bonds is 8. The summed E-state index contributed by atoms with van der Waals surface area (Å²) >= 11 is 6.10. The lowest BCUT2D eigenvalue weighted by Crippen LogP contribution is -2.50. The number of nitrogens with one attached hydrogen (secondary N) is 1. The molecule has 1 N–H and O–H groups in total. The third-order valence-electron chi connectivity index (χ3n) is 7.21. The molecule has 186 valence electrons. The molecule has 0 aliphatic carbocycles. The molecule has 0 spiro atoms. The van der Waals surface area contributed by atoms with Crippen molar-refractivity contribution in [2.75, 3.05) is 44.6 Å². The molecule has 8 heteroatoms. The average molecular weight is 503 g/mol. The number of aromatic nitrogens is 2. The van der Waals surface area contributed by atoms with Gasteiger partial charge in [0.2, 0.25) is 5.78 Å². The van der Waals surface area contributed by atoms with Crippen molar-refractivity contribution in [2.24, 2.45) is 0 Å². The number of ketones is 1. The fourth-order valence-corrected chi connectivity index (χ4v) is 5.35. The fraction of sp³-hybridized carbons (Fsp3) is 0.393. The van der Waals surface area contributed by atoms with Crippen LogP contribution in [0.4, 0.5) is 5.82 Å². The molecule has 0 bridgehead atoms. The van der Waals surface area contributed by atoms with E-state index in [4.69, 9.17) is 11.6 Å². The molecule has 2 aliphatic rings. The van der Waals surface area contributed by atoms with E-state index in [9.17, 15) is 10.1 Å². The molecule has 1 unspecified atom stereocenters. The largest absolute Gasteiger partial charge is 0.369 e. The number of nitriles is 1. The van der Waals surface area contributed by atoms with E-state index < -0.39 is 0 Å². The van der Waals surface area contributed by atoms with Crippen molar-refractivity contribution >= 4 is 23.2 Å². The van der Waals surface area contributed by atoms with Gasteiger partial charge in [-0.15, -0.1) is 0 Å². The second-order valence-corrected chi connectivity index (χ2v) is 10.1. The van der Waals surface area contributed by atoms with Crippen molar-refractivity contribution in [3.05, 3.63) is 75.9 Å². The first-order valence-corrected chi connectivity index (χ1v) is 13.0. The van der Waals surface area contributed by atoms with Crippen LogP contribution < -0.4 is 5.32 Å². The number of halogens is 1. The van der Waals surface area contributed by atoms with E-state index in [1.165, 1.54) is 19.4 Å². The van der Waals surface area contributed by atoms with Crippen LogP contribution in [0, 0.1) is 18.3 Å². The van der Waals surface area contributed by atoms with E-state index in [2.05, 4.69) is 26.3 Å². The predicted molar refractivity (Wildman–Crippen MR) is 142 cm³/mol. The normalized spacial score (nSPS) is 18.1. The van der Waals surface area contributed by atoms with Crippen LogP contribution >= 0.6 is 11.6 Å². The molecular formula is C28H31ClN6O. The Balaban J connectivity index is 1.35. The lowest BCUT2D eigenvalue weighted by Gasteiger charge is -2.37. The number of carbonyl (C=O) groups excluding carboxylic acids is 1. The molecule has 2 fully saturated rings. The van der Waals surface area contributed by atoms with Crippen LogP contribution in [0.25, 0.3) is 5.69 Å². The van der Waals surface area contributed by atoms with Gasteiger partial charge in [0.05, 0.1) is 5.69 Å². The number of fused-ring (bicyclic) bond motifs is 1. The number of anilines is 1. The van der Waals surface area contributed by atoms with Crippen molar-refractivity contribution in [2.45, 2.75) is 32.2 Å². The van der Waals surface area contributed by atoms with Crippen molar-refractivity contribution < 1.29 is 4.79 Å². The zero-order chi connectivity index (χ0) is 25.1. The summed E-state index contributed by atoms with van der Waals surface area (Å²) in [6.45, 7) is 8.30. The topological polar surface area (TPSA) is 77.2 Å². The Hall–Kier alpha value is -3.18. The predicted octanol–water partition coefficient (Wildman–Crippen LogP) is 4.52. The Bertz CT molecular complexity index is 1260. The van der Waals surface area contributed by atoms with Crippen LogP contribution in [0.2, 0.25) is 5.02 Å². The summed E-state index contributed by atoms with van der Waals surface area (Å²) in [6.07, 6.45) is 3.55. The van der Waals surface area contributed by atoms with Crippen molar-refractivity contribution in [3.8, 4) is 11.8 Å². The first-order valence-electron chi connectivity index (χ1n) is 12.6. The Morgan fingerprint density at radius 1 is 1.14 bits per heavy atom. The molecule has 5 rings (SSSR count). The molecule has 1 atom stereocenters. The Morgan fingerprint density at radius 2 is 1.92 bits per heavy atom. The molecule has 0 amide bonds. The first kappa shape index (κ1) is 24.5. The van der Waals surface area contributed by atoms with E-state index in [1.807, 2.05) is 31.2 Å². The summed E-state index contributed by atoms with van der Waals surface area (Å²) in [4.78, 5) is 18.5. The van der Waals surface area contributed by atoms with Crippen LogP contribution in [0.5, 0.6) is 0 Å². The molecule has 2 saturated heterocycles. The summed E-state index contributed by atoms with van der Waals surface area (Å²) in [6, 6.07) is 17.5. The monoisotopic (exact) mass is 502 g/mol. The third kappa shape index (κ3) is 5.17. The summed E-state index contributed by atoms with van der Waals surface area (Å²) in [7, 11) is 0. The van der Waals surface area contributed by atoms with Gasteiger partial charge in [-0.2, -0.15) is 10.4 Å². The van der Waals surface area contributed by atoms with Crippen molar-refractivity contribution in [3.63, 3.8) is 0 Å². The van der Waals surface area contributed by atoms with Gasteiger partial charge in [0.1, 0.15) is 17.5 Å². The van der Waals surface area contributed by atoms with E-state index >= 15 is 0 Å². The highest BCUT2D eigenvalue weighted by molar-refractivity contribution is 6.30. The zero-order valence-electron chi connectivity index (χ0n) is 20.6. The van der Waals surface area contributed by atoms with Gasteiger partial charge < -0.3 is 10.2 Å². The minimum Gasteiger partial charge on any atom is -0.369 e. The molecule has 1 aromatic heterocycles. The van der Waals surface area contributed by atoms with Gasteiger partial charge in [-0.3, -0.25) is 9.69 Å². The van der Waals surface area contributed by atoms with Gasteiger partial charge in [0.25, 0.3) is 0 Å². The van der Waals surface area contributed by atoms with Crippen LogP contribution in [0.1, 0.15) is 46.4 Å². The number of aryl methyl sites for hydroxylation is 1. The summed E-state index contributed by atoms with van der Waals surface area (Å²) in [5, 5.41) is 18.7. The van der Waals surface area contributed by atoms with Crippen LogP contribution in [0.15, 0.2) is 48.5 Å². The number of hydrogen-bond acceptors (Lipinski definition) is 6. The van der Waals surface area contributed by atoms with Gasteiger partial charge >= 0.3 is 0 Å². The zero-order valence-corrected chi connectivity index (χ0v) is 21.3. The summed E-state index contributed by atoms with van der Waals surface area (Å²) < 4.78 is 1.65. The highest BCUT2D eigenvalue weighted by atomic mass is 35.5. The maximum atomic E-state index is 13.3. The summed E-state index contributed by atoms with van der Waals surface area (Å²) in [5.41, 5.74) is 2.72. The molecule has 3 aromatic rings. The Labute approximate surface area is 217 Å². The van der Waals surface area contributed by atoms with Gasteiger partial charge in [0, 0.05) is 42.8 Å². The first-order chi connectivity index (χ1) is 17.5. The van der Waals surface area contributed by atoms with E-state index in [0.717, 1.165) is 43.9 Å². The maximum absolute atomic E-state index is 13.3. The highest BCUT2D eigenvalue weighted by Gasteiger charge is 2.30. The number of benzene rings is 2. The summed E-state index contributed by atoms with van der Waals surface area (Å²) in [5.74, 6) is 0.271. The number of carbonyl (C=O) groups is 1. The molecule has 7 nitrogen and oxygen atoms in total. The average Bonchev–Trinajstić information content (AvgIpc) is 3.51. The number of piperazine rings is 1. The highest BCUT2D eigenvalue weighted by Crippen LogP contribution is 2.27. The van der Waals surface area contributed by atoms with Crippen LogP contribution in [0.3, 0.4) is 0 Å². The lowest BCUT2D eigenvalue weighted by molar-refractivity contribution is 0.103. The molecular weight excluding hydrogens is 472 g/mol. The number of nitrogens with zero attached hydrogens (tertiary/aromatic N) is 5. The van der Waals surface area contributed by atoms with Gasteiger partial charge in [-0.05, 0) is 63.5 Å². The second-order valence-electron chi connectivity index (χ2n) is 9.68. The third-order valence-corrected chi connectivity index (χ3v) is 7.46. The van der Waals surface area contributed by atoms with Gasteiger partial charge in [-0.25, -0.2) is 4.68 Å². The van der Waals surface area contributed by atoms with Crippen LogP contribution in [-0.4, -0.2) is 70.7 Å². The molecule has 36 heavy (non-hydrogen) atoms. The van der Waals surface area contributed by atoms with Crippen molar-refractivity contribution in [1.82, 2.24) is 19.6 Å². The van der Waals surface area contributed by atoms with E-state index in [0.29, 0.717) is 29.0 Å². The quantitative estimate of drug-likeness (QED) is 0.360. The SMILES string of the molecule is Cc1ccc(C(=O)c2nn(-c3ccc(Cl)cc3)c(NCCCN3CCN4CCCC4C3)c2C#N)cc1. The van der Waals surface area contributed by atoms with Crippen molar-refractivity contribution in [1.29, 1.82) is 5.26 Å². The minimum absolute atomic E-state index is 0.149. The Kier molecular flexibility index (Phi) is 7.38. The van der Waals surface area contributed by atoms with E-state index in [-0.39, 0.29) is 17.0 Å². The van der Waals surface area contributed by atoms with E-state index in [1.54, 1.807) is 28.9 Å². The number of hydrogen-bond donors (Lipinski definition) is 1.